The molecule has 0 aliphatic heterocycles. The Morgan fingerprint density at radius 3 is 2.87 bits per heavy atom. The Morgan fingerprint density at radius 1 is 1.47 bits per heavy atom. The van der Waals surface area contributed by atoms with E-state index in [-0.39, 0.29) is 5.56 Å². The number of hydrogen-bond donors (Lipinski definition) is 2. The van der Waals surface area contributed by atoms with Crippen LogP contribution in [-0.2, 0) is 0 Å². The number of hydrogen-bond acceptors (Lipinski definition) is 3. The van der Waals surface area contributed by atoms with Gasteiger partial charge in [0.15, 0.2) is 0 Å². The van der Waals surface area contributed by atoms with Crippen LogP contribution in [0, 0.1) is 0 Å². The quantitative estimate of drug-likeness (QED) is 0.695. The monoisotopic (exact) mass is 209 g/mol. The van der Waals surface area contributed by atoms with Gasteiger partial charge in [-0.25, -0.2) is 4.79 Å². The Labute approximate surface area is 88.9 Å². The Hall–Kier alpha value is -1.55. The summed E-state index contributed by atoms with van der Waals surface area (Å²) in [5.74, 6) is -0.544. The van der Waals surface area contributed by atoms with Crippen LogP contribution in [0.1, 0.15) is 17.3 Å². The Kier molecular flexibility index (Phi) is 4.63. The van der Waals surface area contributed by atoms with E-state index in [9.17, 15) is 4.79 Å². The summed E-state index contributed by atoms with van der Waals surface area (Å²) < 4.78 is 5.36. The minimum absolute atomic E-state index is 0.203. The van der Waals surface area contributed by atoms with Gasteiger partial charge in [-0.05, 0) is 18.7 Å². The second kappa shape index (κ2) is 6.03. The molecular formula is C11H15NO3. The minimum atomic E-state index is -0.964. The second-order valence-corrected chi connectivity index (χ2v) is 3.00. The largest absolute Gasteiger partial charge is 0.491 e. The lowest BCUT2D eigenvalue weighted by molar-refractivity contribution is 0.0692. The first kappa shape index (κ1) is 11.5. The molecular weight excluding hydrogens is 194 g/mol. The minimum Gasteiger partial charge on any atom is -0.491 e. The van der Waals surface area contributed by atoms with Crippen LogP contribution in [0.25, 0.3) is 0 Å². The molecule has 4 nitrogen and oxygen atoms in total. The number of carboxylic acid groups (broad SMARTS) is 1. The van der Waals surface area contributed by atoms with Crippen LogP contribution in [0.4, 0.5) is 0 Å². The zero-order valence-corrected chi connectivity index (χ0v) is 8.69. The van der Waals surface area contributed by atoms with Gasteiger partial charge in [0.05, 0.1) is 0 Å². The van der Waals surface area contributed by atoms with E-state index in [0.29, 0.717) is 18.9 Å². The van der Waals surface area contributed by atoms with Crippen LogP contribution in [0.5, 0.6) is 5.75 Å². The zero-order valence-electron chi connectivity index (χ0n) is 8.69. The highest BCUT2D eigenvalue weighted by Gasteiger charge is 2.09. The molecule has 2 N–H and O–H groups in total. The number of benzene rings is 1. The third kappa shape index (κ3) is 3.59. The fourth-order valence-corrected chi connectivity index (χ4v) is 1.18. The molecule has 0 heterocycles. The van der Waals surface area contributed by atoms with Gasteiger partial charge in [0.25, 0.3) is 0 Å². The fourth-order valence-electron chi connectivity index (χ4n) is 1.18. The molecule has 1 aromatic rings. The third-order valence-corrected chi connectivity index (χ3v) is 1.90. The Balaban J connectivity index is 2.56. The molecule has 82 valence electrons. The van der Waals surface area contributed by atoms with E-state index in [2.05, 4.69) is 5.32 Å². The number of likely N-dealkylation sites (N-methyl/N-ethyl adjacent to an activating group) is 1. The van der Waals surface area contributed by atoms with Crippen molar-refractivity contribution in [2.24, 2.45) is 0 Å². The lowest BCUT2D eigenvalue weighted by atomic mass is 10.2. The normalized spacial score (nSPS) is 9.93. The standard InChI is InChI=1S/C11H15NO3/c1-2-12-7-8-15-10-6-4-3-5-9(10)11(13)14/h3-6,12H,2,7-8H2,1H3,(H,13,14). The molecule has 0 amide bonds. The molecule has 0 atom stereocenters. The molecule has 0 bridgehead atoms. The molecule has 0 aromatic heterocycles. The summed E-state index contributed by atoms with van der Waals surface area (Å²) in [6.07, 6.45) is 0. The zero-order chi connectivity index (χ0) is 11.1. The summed E-state index contributed by atoms with van der Waals surface area (Å²) in [5.41, 5.74) is 0.203. The van der Waals surface area contributed by atoms with Gasteiger partial charge in [0.1, 0.15) is 17.9 Å². The van der Waals surface area contributed by atoms with Crippen LogP contribution in [-0.4, -0.2) is 30.8 Å². The van der Waals surface area contributed by atoms with E-state index in [1.165, 1.54) is 6.07 Å². The number of carboxylic acids is 1. The molecule has 0 unspecified atom stereocenters. The van der Waals surface area contributed by atoms with Gasteiger partial charge in [0, 0.05) is 6.54 Å². The first-order chi connectivity index (χ1) is 7.25. The summed E-state index contributed by atoms with van der Waals surface area (Å²) in [5, 5.41) is 12.0. The molecule has 0 saturated carbocycles. The van der Waals surface area contributed by atoms with Gasteiger partial charge in [-0.3, -0.25) is 0 Å². The Morgan fingerprint density at radius 2 is 2.20 bits per heavy atom. The fraction of sp³-hybridized carbons (Fsp3) is 0.364. The molecule has 0 spiro atoms. The maximum atomic E-state index is 10.8. The molecule has 0 saturated heterocycles. The molecule has 1 aromatic carbocycles. The Bertz CT molecular complexity index is 325. The van der Waals surface area contributed by atoms with Crippen LogP contribution in [0.3, 0.4) is 0 Å². The van der Waals surface area contributed by atoms with Gasteiger partial charge in [-0.2, -0.15) is 0 Å². The molecule has 0 radical (unpaired) electrons. The number of rotatable bonds is 6. The second-order valence-electron chi connectivity index (χ2n) is 3.00. The summed E-state index contributed by atoms with van der Waals surface area (Å²) in [7, 11) is 0. The summed E-state index contributed by atoms with van der Waals surface area (Å²) in [6, 6.07) is 6.63. The van der Waals surface area contributed by atoms with Crippen molar-refractivity contribution in [3.63, 3.8) is 0 Å². The van der Waals surface area contributed by atoms with Crippen molar-refractivity contribution in [2.45, 2.75) is 6.92 Å². The van der Waals surface area contributed by atoms with E-state index >= 15 is 0 Å². The van der Waals surface area contributed by atoms with Crippen LogP contribution < -0.4 is 10.1 Å². The lowest BCUT2D eigenvalue weighted by Crippen LogP contribution is -2.20. The molecule has 0 aliphatic carbocycles. The van der Waals surface area contributed by atoms with Crippen LogP contribution >= 0.6 is 0 Å². The van der Waals surface area contributed by atoms with Crippen LogP contribution in [0.15, 0.2) is 24.3 Å². The predicted octanol–water partition coefficient (Wildman–Crippen LogP) is 1.37. The average molecular weight is 209 g/mol. The molecule has 0 fully saturated rings. The number of nitrogens with one attached hydrogen (secondary N) is 1. The number of aromatic carboxylic acids is 1. The van der Waals surface area contributed by atoms with Crippen molar-refractivity contribution in [2.75, 3.05) is 19.7 Å². The first-order valence-electron chi connectivity index (χ1n) is 4.91. The van der Waals surface area contributed by atoms with Gasteiger partial charge in [-0.1, -0.05) is 19.1 Å². The van der Waals surface area contributed by atoms with E-state index < -0.39 is 5.97 Å². The molecule has 0 aliphatic rings. The van der Waals surface area contributed by atoms with E-state index in [1.807, 2.05) is 6.92 Å². The van der Waals surface area contributed by atoms with Crippen molar-refractivity contribution in [1.29, 1.82) is 0 Å². The third-order valence-electron chi connectivity index (χ3n) is 1.90. The van der Waals surface area contributed by atoms with Gasteiger partial charge in [-0.15, -0.1) is 0 Å². The van der Waals surface area contributed by atoms with Gasteiger partial charge >= 0.3 is 5.97 Å². The van der Waals surface area contributed by atoms with Crippen LogP contribution in [0.2, 0.25) is 0 Å². The lowest BCUT2D eigenvalue weighted by Gasteiger charge is -2.08. The number of ether oxygens (including phenoxy) is 1. The first-order valence-corrected chi connectivity index (χ1v) is 4.91. The van der Waals surface area contributed by atoms with E-state index in [0.717, 1.165) is 6.54 Å². The highest BCUT2D eigenvalue weighted by atomic mass is 16.5. The van der Waals surface area contributed by atoms with Gasteiger partial charge < -0.3 is 15.2 Å². The smallest absolute Gasteiger partial charge is 0.339 e. The summed E-state index contributed by atoms with van der Waals surface area (Å²) in [4.78, 5) is 10.8. The topological polar surface area (TPSA) is 58.6 Å². The summed E-state index contributed by atoms with van der Waals surface area (Å²) in [6.45, 7) is 4.07. The average Bonchev–Trinajstić information content (AvgIpc) is 2.25. The maximum absolute atomic E-state index is 10.8. The van der Waals surface area contributed by atoms with Crippen molar-refractivity contribution < 1.29 is 14.6 Å². The highest BCUT2D eigenvalue weighted by Crippen LogP contribution is 2.17. The number of carbonyl (C=O) groups is 1. The molecule has 15 heavy (non-hydrogen) atoms. The van der Waals surface area contributed by atoms with Crippen molar-refractivity contribution in [1.82, 2.24) is 5.32 Å². The maximum Gasteiger partial charge on any atom is 0.339 e. The molecule has 4 heteroatoms. The van der Waals surface area contributed by atoms with Crippen molar-refractivity contribution in [3.8, 4) is 5.75 Å². The van der Waals surface area contributed by atoms with E-state index in [1.54, 1.807) is 18.2 Å². The van der Waals surface area contributed by atoms with E-state index in [4.69, 9.17) is 9.84 Å². The number of para-hydroxylation sites is 1. The van der Waals surface area contributed by atoms with Crippen molar-refractivity contribution >= 4 is 5.97 Å². The molecule has 1 rings (SSSR count). The van der Waals surface area contributed by atoms with Crippen molar-refractivity contribution in [3.05, 3.63) is 29.8 Å². The summed E-state index contributed by atoms with van der Waals surface area (Å²) >= 11 is 0. The SMILES string of the molecule is CCNCCOc1ccccc1C(=O)O. The highest BCUT2D eigenvalue weighted by molar-refractivity contribution is 5.90. The predicted molar refractivity (Wildman–Crippen MR) is 57.4 cm³/mol. The van der Waals surface area contributed by atoms with Gasteiger partial charge in [0.2, 0.25) is 0 Å².